The average molecular weight is 291 g/mol. The van der Waals surface area contributed by atoms with Crippen LogP contribution in [-0.4, -0.2) is 25.4 Å². The van der Waals surface area contributed by atoms with E-state index in [1.54, 1.807) is 7.11 Å². The van der Waals surface area contributed by atoms with Crippen LogP contribution in [0.15, 0.2) is 24.3 Å². The number of benzene rings is 1. The van der Waals surface area contributed by atoms with Crippen molar-refractivity contribution >= 4 is 0 Å². The zero-order valence-electron chi connectivity index (χ0n) is 13.8. The van der Waals surface area contributed by atoms with Crippen LogP contribution in [0.2, 0.25) is 0 Å². The van der Waals surface area contributed by atoms with Crippen molar-refractivity contribution in [2.75, 3.05) is 13.7 Å². The lowest BCUT2D eigenvalue weighted by atomic mass is 9.87. The first-order valence-corrected chi connectivity index (χ1v) is 8.18. The van der Waals surface area contributed by atoms with Gasteiger partial charge in [0.1, 0.15) is 5.75 Å². The fourth-order valence-electron chi connectivity index (χ4n) is 2.59. The molecule has 0 aromatic heterocycles. The molecule has 1 aromatic rings. The van der Waals surface area contributed by atoms with Crippen molar-refractivity contribution in [1.82, 2.24) is 5.32 Å². The molecule has 0 bridgehead atoms. The minimum absolute atomic E-state index is 0.176. The number of rotatable bonds is 9. The molecule has 1 N–H and O–H groups in total. The van der Waals surface area contributed by atoms with Gasteiger partial charge in [-0.2, -0.15) is 0 Å². The fraction of sp³-hybridized carbons (Fsp3) is 0.667. The normalized spacial score (nSPS) is 19.0. The summed E-state index contributed by atoms with van der Waals surface area (Å²) in [7, 11) is 1.80. The average Bonchev–Trinajstić information content (AvgIpc) is 3.31. The van der Waals surface area contributed by atoms with Gasteiger partial charge in [-0.25, -0.2) is 0 Å². The molecular weight excluding hydrogens is 262 g/mol. The molecule has 1 aromatic carbocycles. The van der Waals surface area contributed by atoms with E-state index in [0.29, 0.717) is 6.10 Å². The van der Waals surface area contributed by atoms with Gasteiger partial charge in [0.2, 0.25) is 0 Å². The SMILES string of the molecule is CCCNC(c1cccc(OC2CC2)c1)C(C)(CC)OC. The van der Waals surface area contributed by atoms with Crippen LogP contribution in [0.3, 0.4) is 0 Å². The Bertz CT molecular complexity index is 439. The highest BCUT2D eigenvalue weighted by atomic mass is 16.5. The maximum atomic E-state index is 5.93. The minimum Gasteiger partial charge on any atom is -0.490 e. The Morgan fingerprint density at radius 3 is 2.67 bits per heavy atom. The smallest absolute Gasteiger partial charge is 0.120 e. The molecule has 0 aliphatic heterocycles. The van der Waals surface area contributed by atoms with E-state index in [9.17, 15) is 0 Å². The first-order chi connectivity index (χ1) is 10.1. The predicted molar refractivity (Wildman–Crippen MR) is 86.8 cm³/mol. The van der Waals surface area contributed by atoms with Crippen molar-refractivity contribution < 1.29 is 9.47 Å². The van der Waals surface area contributed by atoms with Gasteiger partial charge in [0.05, 0.1) is 17.7 Å². The van der Waals surface area contributed by atoms with Crippen molar-refractivity contribution in [3.05, 3.63) is 29.8 Å². The zero-order valence-corrected chi connectivity index (χ0v) is 13.8. The number of nitrogens with one attached hydrogen (secondary N) is 1. The Morgan fingerprint density at radius 1 is 1.33 bits per heavy atom. The molecule has 3 nitrogen and oxygen atoms in total. The van der Waals surface area contributed by atoms with Gasteiger partial charge in [0.25, 0.3) is 0 Å². The van der Waals surface area contributed by atoms with Gasteiger partial charge in [-0.15, -0.1) is 0 Å². The molecule has 2 unspecified atom stereocenters. The summed E-state index contributed by atoms with van der Waals surface area (Å²) in [4.78, 5) is 0. The van der Waals surface area contributed by atoms with E-state index in [2.05, 4.69) is 50.4 Å². The molecule has 1 aliphatic carbocycles. The summed E-state index contributed by atoms with van der Waals surface area (Å²) in [6.07, 6.45) is 4.87. The van der Waals surface area contributed by atoms with Gasteiger partial charge in [0.15, 0.2) is 0 Å². The highest BCUT2D eigenvalue weighted by Gasteiger charge is 2.33. The van der Waals surface area contributed by atoms with Crippen LogP contribution in [0, 0.1) is 0 Å². The molecule has 0 amide bonds. The van der Waals surface area contributed by atoms with Gasteiger partial charge >= 0.3 is 0 Å². The van der Waals surface area contributed by atoms with E-state index in [0.717, 1.165) is 25.1 Å². The van der Waals surface area contributed by atoms with Crippen LogP contribution >= 0.6 is 0 Å². The summed E-state index contributed by atoms with van der Waals surface area (Å²) in [5.41, 5.74) is 1.03. The standard InChI is InChI=1S/C18H29NO2/c1-5-12-19-17(18(3,6-2)20-4)14-8-7-9-16(13-14)21-15-10-11-15/h7-9,13,15,17,19H,5-6,10-12H2,1-4H3. The molecule has 118 valence electrons. The predicted octanol–water partition coefficient (Wildman–Crippen LogP) is 4.08. The maximum absolute atomic E-state index is 5.93. The third kappa shape index (κ3) is 4.21. The van der Waals surface area contributed by atoms with Crippen LogP contribution in [-0.2, 0) is 4.74 Å². The number of methoxy groups -OCH3 is 1. The number of hydrogen-bond donors (Lipinski definition) is 1. The molecule has 0 heterocycles. The van der Waals surface area contributed by atoms with Crippen LogP contribution in [0.25, 0.3) is 0 Å². The Kier molecular flexibility index (Phi) is 5.65. The van der Waals surface area contributed by atoms with E-state index in [4.69, 9.17) is 9.47 Å². The maximum Gasteiger partial charge on any atom is 0.120 e. The molecule has 21 heavy (non-hydrogen) atoms. The molecular formula is C18H29NO2. The van der Waals surface area contributed by atoms with Crippen molar-refractivity contribution in [3.63, 3.8) is 0 Å². The molecule has 2 rings (SSSR count). The van der Waals surface area contributed by atoms with E-state index in [1.165, 1.54) is 18.4 Å². The summed E-state index contributed by atoms with van der Waals surface area (Å²) < 4.78 is 11.8. The molecule has 0 saturated heterocycles. The Morgan fingerprint density at radius 2 is 2.10 bits per heavy atom. The summed E-state index contributed by atoms with van der Waals surface area (Å²) in [5.74, 6) is 0.979. The first-order valence-electron chi connectivity index (χ1n) is 8.18. The highest BCUT2D eigenvalue weighted by Crippen LogP contribution is 2.34. The largest absolute Gasteiger partial charge is 0.490 e. The fourth-order valence-corrected chi connectivity index (χ4v) is 2.59. The third-order valence-electron chi connectivity index (χ3n) is 4.40. The lowest BCUT2D eigenvalue weighted by molar-refractivity contribution is -0.0299. The number of hydrogen-bond acceptors (Lipinski definition) is 3. The van der Waals surface area contributed by atoms with Gasteiger partial charge in [-0.3, -0.25) is 0 Å². The highest BCUT2D eigenvalue weighted by molar-refractivity contribution is 5.32. The second-order valence-electron chi connectivity index (χ2n) is 6.15. The monoisotopic (exact) mass is 291 g/mol. The Balaban J connectivity index is 2.21. The van der Waals surface area contributed by atoms with Crippen molar-refractivity contribution in [2.24, 2.45) is 0 Å². The van der Waals surface area contributed by atoms with E-state index < -0.39 is 0 Å². The van der Waals surface area contributed by atoms with Gasteiger partial charge < -0.3 is 14.8 Å². The summed E-state index contributed by atoms with van der Waals surface area (Å²) >= 11 is 0. The van der Waals surface area contributed by atoms with Crippen molar-refractivity contribution in [2.45, 2.75) is 64.2 Å². The molecule has 0 spiro atoms. The zero-order chi connectivity index (χ0) is 15.3. The second-order valence-corrected chi connectivity index (χ2v) is 6.15. The lowest BCUT2D eigenvalue weighted by Crippen LogP contribution is -2.43. The second kappa shape index (κ2) is 7.28. The molecule has 1 saturated carbocycles. The summed E-state index contributed by atoms with van der Waals surface area (Å²) in [6.45, 7) is 7.52. The third-order valence-corrected chi connectivity index (χ3v) is 4.40. The van der Waals surface area contributed by atoms with Crippen molar-refractivity contribution in [3.8, 4) is 5.75 Å². The van der Waals surface area contributed by atoms with Gasteiger partial charge in [0, 0.05) is 7.11 Å². The Labute approximate surface area is 129 Å². The summed E-state index contributed by atoms with van der Waals surface area (Å²) in [6, 6.07) is 8.64. The molecule has 1 aliphatic rings. The minimum atomic E-state index is -0.215. The van der Waals surface area contributed by atoms with E-state index in [-0.39, 0.29) is 11.6 Å². The quantitative estimate of drug-likeness (QED) is 0.743. The van der Waals surface area contributed by atoms with E-state index >= 15 is 0 Å². The summed E-state index contributed by atoms with van der Waals surface area (Å²) in [5, 5.41) is 3.64. The van der Waals surface area contributed by atoms with Crippen LogP contribution in [0.4, 0.5) is 0 Å². The van der Waals surface area contributed by atoms with Gasteiger partial charge in [-0.1, -0.05) is 26.0 Å². The van der Waals surface area contributed by atoms with Crippen molar-refractivity contribution in [1.29, 1.82) is 0 Å². The van der Waals surface area contributed by atoms with Gasteiger partial charge in [-0.05, 0) is 56.8 Å². The van der Waals surface area contributed by atoms with Crippen LogP contribution in [0.1, 0.15) is 58.1 Å². The molecule has 3 heteroatoms. The first kappa shape index (κ1) is 16.3. The molecule has 2 atom stereocenters. The molecule has 0 radical (unpaired) electrons. The topological polar surface area (TPSA) is 30.5 Å². The Hall–Kier alpha value is -1.06. The lowest BCUT2D eigenvalue weighted by Gasteiger charge is -2.37. The van der Waals surface area contributed by atoms with Crippen LogP contribution < -0.4 is 10.1 Å². The van der Waals surface area contributed by atoms with E-state index in [1.807, 2.05) is 0 Å². The molecule has 1 fully saturated rings. The number of ether oxygens (including phenoxy) is 2. The van der Waals surface area contributed by atoms with Crippen LogP contribution in [0.5, 0.6) is 5.75 Å².